The van der Waals surface area contributed by atoms with E-state index in [1.165, 1.54) is 5.57 Å². The zero-order valence-corrected chi connectivity index (χ0v) is 12.9. The summed E-state index contributed by atoms with van der Waals surface area (Å²) in [4.78, 5) is 12.0. The van der Waals surface area contributed by atoms with E-state index in [2.05, 4.69) is 51.2 Å². The number of ether oxygens (including phenoxy) is 1. The zero-order valence-electron chi connectivity index (χ0n) is 12.9. The molecule has 0 fully saturated rings. The molecule has 2 aliphatic rings. The maximum Gasteiger partial charge on any atom is 0.318 e. The van der Waals surface area contributed by atoms with E-state index in [0.29, 0.717) is 6.54 Å². The predicted molar refractivity (Wildman–Crippen MR) is 81.0 cm³/mol. The number of carbonyl (C=O) groups excluding carboxylic acids is 1. The SMILES string of the molecule is CCC1=CC=CC(C2C=C(CNC(C)(C)C)OC2=O)C1. The van der Waals surface area contributed by atoms with Gasteiger partial charge in [-0.1, -0.05) is 30.7 Å². The third-order valence-electron chi connectivity index (χ3n) is 3.77. The Labute approximate surface area is 121 Å². The van der Waals surface area contributed by atoms with E-state index in [4.69, 9.17) is 4.74 Å². The fraction of sp³-hybridized carbons (Fsp3) is 0.588. The van der Waals surface area contributed by atoms with E-state index in [1.54, 1.807) is 0 Å². The molecule has 0 saturated heterocycles. The molecular weight excluding hydrogens is 250 g/mol. The van der Waals surface area contributed by atoms with Crippen LogP contribution in [0.3, 0.4) is 0 Å². The third-order valence-corrected chi connectivity index (χ3v) is 3.77. The van der Waals surface area contributed by atoms with E-state index in [0.717, 1.165) is 18.6 Å². The van der Waals surface area contributed by atoms with Gasteiger partial charge in [-0.15, -0.1) is 0 Å². The van der Waals surface area contributed by atoms with Gasteiger partial charge in [-0.05, 0) is 45.6 Å². The molecule has 20 heavy (non-hydrogen) atoms. The second-order valence-corrected chi connectivity index (χ2v) is 6.61. The van der Waals surface area contributed by atoms with Crippen molar-refractivity contribution in [1.82, 2.24) is 5.32 Å². The van der Waals surface area contributed by atoms with Gasteiger partial charge in [0.05, 0.1) is 12.5 Å². The van der Waals surface area contributed by atoms with E-state index in [1.807, 2.05) is 6.08 Å². The second kappa shape index (κ2) is 5.96. The Balaban J connectivity index is 1.99. The summed E-state index contributed by atoms with van der Waals surface area (Å²) in [7, 11) is 0. The van der Waals surface area contributed by atoms with Gasteiger partial charge in [-0.2, -0.15) is 0 Å². The van der Waals surface area contributed by atoms with Crippen LogP contribution in [0.4, 0.5) is 0 Å². The maximum absolute atomic E-state index is 12.0. The van der Waals surface area contributed by atoms with Gasteiger partial charge in [-0.3, -0.25) is 4.79 Å². The van der Waals surface area contributed by atoms with Crippen molar-refractivity contribution in [3.63, 3.8) is 0 Å². The molecule has 0 aromatic rings. The predicted octanol–water partition coefficient (Wildman–Crippen LogP) is 3.34. The summed E-state index contributed by atoms with van der Waals surface area (Å²) in [6.07, 6.45) is 10.4. The van der Waals surface area contributed by atoms with Gasteiger partial charge in [0.25, 0.3) is 0 Å². The number of rotatable bonds is 4. The van der Waals surface area contributed by atoms with Gasteiger partial charge in [0.1, 0.15) is 5.76 Å². The minimum Gasteiger partial charge on any atom is -0.430 e. The highest BCUT2D eigenvalue weighted by molar-refractivity contribution is 5.79. The van der Waals surface area contributed by atoms with Crippen molar-refractivity contribution in [2.45, 2.75) is 46.1 Å². The van der Waals surface area contributed by atoms with Crippen molar-refractivity contribution < 1.29 is 9.53 Å². The summed E-state index contributed by atoms with van der Waals surface area (Å²) >= 11 is 0. The van der Waals surface area contributed by atoms with Crippen molar-refractivity contribution >= 4 is 5.97 Å². The van der Waals surface area contributed by atoms with Gasteiger partial charge < -0.3 is 10.1 Å². The summed E-state index contributed by atoms with van der Waals surface area (Å²) in [5.74, 6) is 0.770. The molecule has 0 spiro atoms. The van der Waals surface area contributed by atoms with Gasteiger partial charge in [0, 0.05) is 5.54 Å². The van der Waals surface area contributed by atoms with E-state index in [9.17, 15) is 4.79 Å². The normalized spacial score (nSPS) is 26.3. The van der Waals surface area contributed by atoms with Crippen LogP contribution in [-0.4, -0.2) is 18.1 Å². The third kappa shape index (κ3) is 3.83. The average Bonchev–Trinajstić information content (AvgIpc) is 2.77. The van der Waals surface area contributed by atoms with Gasteiger partial charge in [0.15, 0.2) is 0 Å². The second-order valence-electron chi connectivity index (χ2n) is 6.61. The first kappa shape index (κ1) is 15.0. The van der Waals surface area contributed by atoms with Crippen LogP contribution >= 0.6 is 0 Å². The zero-order chi connectivity index (χ0) is 14.8. The lowest BCUT2D eigenvalue weighted by Crippen LogP contribution is -2.37. The number of nitrogens with one attached hydrogen (secondary N) is 1. The summed E-state index contributed by atoms with van der Waals surface area (Å²) in [5, 5.41) is 3.35. The summed E-state index contributed by atoms with van der Waals surface area (Å²) in [6.45, 7) is 9.07. The topological polar surface area (TPSA) is 38.3 Å². The van der Waals surface area contributed by atoms with Crippen LogP contribution in [0.5, 0.6) is 0 Å². The number of cyclic esters (lactones) is 1. The first-order valence-electron chi connectivity index (χ1n) is 7.42. The number of esters is 1. The number of allylic oxidation sites excluding steroid dienone is 4. The molecule has 0 radical (unpaired) electrons. The highest BCUT2D eigenvalue weighted by Crippen LogP contribution is 2.33. The molecule has 3 nitrogen and oxygen atoms in total. The van der Waals surface area contributed by atoms with Gasteiger partial charge in [0.2, 0.25) is 0 Å². The summed E-state index contributed by atoms with van der Waals surface area (Å²) < 4.78 is 5.40. The molecule has 0 aromatic carbocycles. The Bertz CT molecular complexity index is 466. The van der Waals surface area contributed by atoms with Crippen molar-refractivity contribution in [3.05, 3.63) is 35.6 Å². The molecule has 1 aliphatic carbocycles. The monoisotopic (exact) mass is 275 g/mol. The molecule has 0 saturated carbocycles. The van der Waals surface area contributed by atoms with Crippen LogP contribution in [-0.2, 0) is 9.53 Å². The van der Waals surface area contributed by atoms with E-state index < -0.39 is 0 Å². The van der Waals surface area contributed by atoms with Crippen molar-refractivity contribution in [2.75, 3.05) is 6.54 Å². The fourth-order valence-electron chi connectivity index (χ4n) is 2.53. The Kier molecular flexibility index (Phi) is 4.48. The summed E-state index contributed by atoms with van der Waals surface area (Å²) in [5.41, 5.74) is 1.42. The molecule has 3 heteroatoms. The maximum atomic E-state index is 12.0. The molecule has 1 heterocycles. The Morgan fingerprint density at radius 3 is 2.80 bits per heavy atom. The molecule has 2 atom stereocenters. The van der Waals surface area contributed by atoms with Crippen LogP contribution in [0.2, 0.25) is 0 Å². The highest BCUT2D eigenvalue weighted by Gasteiger charge is 2.33. The van der Waals surface area contributed by atoms with Crippen molar-refractivity contribution in [3.8, 4) is 0 Å². The quantitative estimate of drug-likeness (QED) is 0.800. The molecule has 0 amide bonds. The Morgan fingerprint density at radius 2 is 2.15 bits per heavy atom. The van der Waals surface area contributed by atoms with E-state index in [-0.39, 0.29) is 23.3 Å². The highest BCUT2D eigenvalue weighted by atomic mass is 16.5. The first-order valence-corrected chi connectivity index (χ1v) is 7.42. The molecule has 1 N–H and O–H groups in total. The van der Waals surface area contributed by atoms with Gasteiger partial charge >= 0.3 is 5.97 Å². The van der Waals surface area contributed by atoms with Crippen LogP contribution in [0, 0.1) is 11.8 Å². The lowest BCUT2D eigenvalue weighted by atomic mass is 9.83. The van der Waals surface area contributed by atoms with E-state index >= 15 is 0 Å². The molecular formula is C17H25NO2. The number of hydrogen-bond acceptors (Lipinski definition) is 3. The molecule has 2 unspecified atom stereocenters. The smallest absolute Gasteiger partial charge is 0.318 e. The number of hydrogen-bond donors (Lipinski definition) is 1. The molecule has 110 valence electrons. The lowest BCUT2D eigenvalue weighted by Gasteiger charge is -2.20. The minimum atomic E-state index is -0.127. The van der Waals surface area contributed by atoms with Crippen molar-refractivity contribution in [2.24, 2.45) is 11.8 Å². The molecule has 2 rings (SSSR count). The minimum absolute atomic E-state index is 0.0220. The van der Waals surface area contributed by atoms with Crippen LogP contribution in [0.15, 0.2) is 35.6 Å². The fourth-order valence-corrected chi connectivity index (χ4v) is 2.53. The van der Waals surface area contributed by atoms with Crippen LogP contribution in [0.1, 0.15) is 40.5 Å². The van der Waals surface area contributed by atoms with Gasteiger partial charge in [-0.25, -0.2) is 0 Å². The van der Waals surface area contributed by atoms with Crippen LogP contribution < -0.4 is 5.32 Å². The standard InChI is InChI=1S/C17H25NO2/c1-5-12-7-6-8-13(9-12)15-10-14(20-16(15)19)11-18-17(2,3)4/h6-8,10,13,15,18H,5,9,11H2,1-4H3. The lowest BCUT2D eigenvalue weighted by molar-refractivity contribution is -0.141. The largest absolute Gasteiger partial charge is 0.430 e. The molecule has 0 bridgehead atoms. The Hall–Kier alpha value is -1.35. The van der Waals surface area contributed by atoms with Crippen molar-refractivity contribution in [1.29, 1.82) is 0 Å². The summed E-state index contributed by atoms with van der Waals surface area (Å²) in [6, 6.07) is 0. The molecule has 1 aliphatic heterocycles. The number of carbonyl (C=O) groups is 1. The molecule has 0 aromatic heterocycles. The average molecular weight is 275 g/mol. The first-order chi connectivity index (χ1) is 9.39. The Morgan fingerprint density at radius 1 is 1.40 bits per heavy atom. The van der Waals surface area contributed by atoms with Crippen LogP contribution in [0.25, 0.3) is 0 Å².